The van der Waals surface area contributed by atoms with Crippen LogP contribution in [0.2, 0.25) is 0 Å². The summed E-state index contributed by atoms with van der Waals surface area (Å²) in [7, 11) is 3.11. The quantitative estimate of drug-likeness (QED) is 0.919. The van der Waals surface area contributed by atoms with Gasteiger partial charge in [-0.2, -0.15) is 0 Å². The highest BCUT2D eigenvalue weighted by atomic mass is 19.1. The molecule has 5 heteroatoms. The molecule has 21 heavy (non-hydrogen) atoms. The summed E-state index contributed by atoms with van der Waals surface area (Å²) in [6.07, 6.45) is 0. The van der Waals surface area contributed by atoms with Gasteiger partial charge in [0.1, 0.15) is 11.6 Å². The molecule has 0 spiro atoms. The van der Waals surface area contributed by atoms with Crippen LogP contribution in [0.1, 0.15) is 15.9 Å². The van der Waals surface area contributed by atoms with Gasteiger partial charge in [0.2, 0.25) is 0 Å². The van der Waals surface area contributed by atoms with Crippen molar-refractivity contribution in [3.05, 3.63) is 59.4 Å². The maximum absolute atomic E-state index is 13.5. The van der Waals surface area contributed by atoms with E-state index < -0.39 is 5.82 Å². The third kappa shape index (κ3) is 3.58. The van der Waals surface area contributed by atoms with Crippen molar-refractivity contribution in [1.82, 2.24) is 0 Å². The molecule has 2 rings (SSSR count). The Kier molecular flexibility index (Phi) is 4.90. The summed E-state index contributed by atoms with van der Waals surface area (Å²) < 4.78 is 23.8. The van der Waals surface area contributed by atoms with E-state index in [9.17, 15) is 9.18 Å². The van der Waals surface area contributed by atoms with E-state index in [1.807, 2.05) is 0 Å². The molecule has 1 amide bonds. The molecule has 2 aromatic carbocycles. The first-order valence-corrected chi connectivity index (χ1v) is 6.37. The number of ether oxygens (including phenoxy) is 2. The summed E-state index contributed by atoms with van der Waals surface area (Å²) in [6, 6.07) is 11.0. The van der Waals surface area contributed by atoms with Crippen LogP contribution < -0.4 is 10.1 Å². The van der Waals surface area contributed by atoms with Crippen LogP contribution in [0.5, 0.6) is 5.75 Å². The Morgan fingerprint density at radius 1 is 1.19 bits per heavy atom. The molecule has 0 radical (unpaired) electrons. The highest BCUT2D eigenvalue weighted by Gasteiger charge is 2.12. The average molecular weight is 289 g/mol. The summed E-state index contributed by atoms with van der Waals surface area (Å²) >= 11 is 0. The maximum atomic E-state index is 13.5. The Bertz CT molecular complexity index is 643. The molecule has 0 aliphatic rings. The normalized spacial score (nSPS) is 10.2. The number of nitrogens with one attached hydrogen (secondary N) is 1. The zero-order valence-electron chi connectivity index (χ0n) is 11.9. The minimum Gasteiger partial charge on any atom is -0.496 e. The lowest BCUT2D eigenvalue weighted by Crippen LogP contribution is -2.13. The van der Waals surface area contributed by atoms with Gasteiger partial charge in [-0.3, -0.25) is 4.79 Å². The van der Waals surface area contributed by atoms with E-state index in [0.29, 0.717) is 17.9 Å². The SMILES string of the molecule is COCc1cc(C(=O)Nc2ccccc2F)ccc1OC. The van der Waals surface area contributed by atoms with Crippen molar-refractivity contribution >= 4 is 11.6 Å². The van der Waals surface area contributed by atoms with E-state index in [4.69, 9.17) is 9.47 Å². The fraction of sp³-hybridized carbons (Fsp3) is 0.188. The Balaban J connectivity index is 2.23. The van der Waals surface area contributed by atoms with Crippen LogP contribution in [0.4, 0.5) is 10.1 Å². The molecular weight excluding hydrogens is 273 g/mol. The van der Waals surface area contributed by atoms with Gasteiger partial charge in [0.15, 0.2) is 0 Å². The van der Waals surface area contributed by atoms with E-state index in [2.05, 4.69) is 5.32 Å². The first-order valence-electron chi connectivity index (χ1n) is 6.37. The predicted octanol–water partition coefficient (Wildman–Crippen LogP) is 3.23. The highest BCUT2D eigenvalue weighted by Crippen LogP contribution is 2.22. The second-order valence-corrected chi connectivity index (χ2v) is 4.39. The second-order valence-electron chi connectivity index (χ2n) is 4.39. The number of anilines is 1. The van der Waals surface area contributed by atoms with Crippen molar-refractivity contribution in [3.63, 3.8) is 0 Å². The number of benzene rings is 2. The van der Waals surface area contributed by atoms with Gasteiger partial charge in [-0.1, -0.05) is 12.1 Å². The number of carbonyl (C=O) groups is 1. The van der Waals surface area contributed by atoms with E-state index in [1.165, 1.54) is 12.1 Å². The minimum absolute atomic E-state index is 0.145. The van der Waals surface area contributed by atoms with Gasteiger partial charge in [0, 0.05) is 18.2 Å². The summed E-state index contributed by atoms with van der Waals surface area (Å²) in [5.74, 6) is -0.226. The molecular formula is C16H16FNO3. The van der Waals surface area contributed by atoms with Gasteiger partial charge < -0.3 is 14.8 Å². The van der Waals surface area contributed by atoms with Crippen molar-refractivity contribution in [1.29, 1.82) is 0 Å². The predicted molar refractivity (Wildman–Crippen MR) is 78.1 cm³/mol. The lowest BCUT2D eigenvalue weighted by molar-refractivity contribution is 0.102. The lowest BCUT2D eigenvalue weighted by Gasteiger charge is -2.11. The molecule has 1 N–H and O–H groups in total. The monoisotopic (exact) mass is 289 g/mol. The highest BCUT2D eigenvalue weighted by molar-refractivity contribution is 6.04. The first kappa shape index (κ1) is 15.0. The third-order valence-electron chi connectivity index (χ3n) is 2.96. The molecule has 0 unspecified atom stereocenters. The number of amides is 1. The topological polar surface area (TPSA) is 47.6 Å². The molecule has 0 saturated carbocycles. The van der Waals surface area contributed by atoms with Gasteiger partial charge in [-0.05, 0) is 30.3 Å². The van der Waals surface area contributed by atoms with Crippen molar-refractivity contribution < 1.29 is 18.7 Å². The Hall–Kier alpha value is -2.40. The molecule has 0 saturated heterocycles. The van der Waals surface area contributed by atoms with Crippen LogP contribution in [0.25, 0.3) is 0 Å². The Labute approximate surface area is 122 Å². The van der Waals surface area contributed by atoms with Crippen molar-refractivity contribution in [2.45, 2.75) is 6.61 Å². The van der Waals surface area contributed by atoms with E-state index in [-0.39, 0.29) is 11.6 Å². The third-order valence-corrected chi connectivity index (χ3v) is 2.96. The second kappa shape index (κ2) is 6.85. The summed E-state index contributed by atoms with van der Waals surface area (Å²) in [5, 5.41) is 2.54. The van der Waals surface area contributed by atoms with Crippen LogP contribution in [-0.2, 0) is 11.3 Å². The molecule has 0 fully saturated rings. The van der Waals surface area contributed by atoms with Gasteiger partial charge >= 0.3 is 0 Å². The molecule has 0 aliphatic heterocycles. The molecule has 0 aromatic heterocycles. The number of methoxy groups -OCH3 is 2. The van der Waals surface area contributed by atoms with Crippen LogP contribution >= 0.6 is 0 Å². The fourth-order valence-electron chi connectivity index (χ4n) is 1.95. The number of hydrogen-bond donors (Lipinski definition) is 1. The Morgan fingerprint density at radius 2 is 1.95 bits per heavy atom. The lowest BCUT2D eigenvalue weighted by atomic mass is 10.1. The maximum Gasteiger partial charge on any atom is 0.255 e. The standard InChI is InChI=1S/C16H16FNO3/c1-20-10-12-9-11(7-8-15(12)21-2)16(19)18-14-6-4-3-5-13(14)17/h3-9H,10H2,1-2H3,(H,18,19). The zero-order chi connectivity index (χ0) is 15.2. The number of para-hydroxylation sites is 1. The molecule has 0 bridgehead atoms. The number of hydrogen-bond acceptors (Lipinski definition) is 3. The molecule has 2 aromatic rings. The van der Waals surface area contributed by atoms with Crippen LogP contribution in [0, 0.1) is 5.82 Å². The smallest absolute Gasteiger partial charge is 0.255 e. The van der Waals surface area contributed by atoms with Crippen LogP contribution in [0.15, 0.2) is 42.5 Å². The van der Waals surface area contributed by atoms with E-state index in [0.717, 1.165) is 5.56 Å². The molecule has 0 heterocycles. The van der Waals surface area contributed by atoms with Crippen molar-refractivity contribution in [2.75, 3.05) is 19.5 Å². The fourth-order valence-corrected chi connectivity index (χ4v) is 1.95. The van der Waals surface area contributed by atoms with Crippen LogP contribution in [0.3, 0.4) is 0 Å². The van der Waals surface area contributed by atoms with Crippen LogP contribution in [-0.4, -0.2) is 20.1 Å². The van der Waals surface area contributed by atoms with Gasteiger partial charge in [-0.25, -0.2) is 4.39 Å². The zero-order valence-corrected chi connectivity index (χ0v) is 11.9. The number of rotatable bonds is 5. The molecule has 0 atom stereocenters. The summed E-state index contributed by atoms with van der Waals surface area (Å²) in [4.78, 5) is 12.2. The molecule has 110 valence electrons. The molecule has 4 nitrogen and oxygen atoms in total. The van der Waals surface area contributed by atoms with E-state index >= 15 is 0 Å². The van der Waals surface area contributed by atoms with Gasteiger partial charge in [0.25, 0.3) is 5.91 Å². The summed E-state index contributed by atoms with van der Waals surface area (Å²) in [5.41, 5.74) is 1.30. The largest absolute Gasteiger partial charge is 0.496 e. The van der Waals surface area contributed by atoms with Gasteiger partial charge in [0.05, 0.1) is 19.4 Å². The first-order chi connectivity index (χ1) is 10.2. The minimum atomic E-state index is -0.475. The Morgan fingerprint density at radius 3 is 2.62 bits per heavy atom. The number of halogens is 1. The molecule has 0 aliphatic carbocycles. The summed E-state index contributed by atoms with van der Waals surface area (Å²) in [6.45, 7) is 0.323. The van der Waals surface area contributed by atoms with Gasteiger partial charge in [-0.15, -0.1) is 0 Å². The number of carbonyl (C=O) groups excluding carboxylic acids is 1. The van der Waals surface area contributed by atoms with Crippen molar-refractivity contribution in [2.24, 2.45) is 0 Å². The van der Waals surface area contributed by atoms with E-state index in [1.54, 1.807) is 44.6 Å². The average Bonchev–Trinajstić information content (AvgIpc) is 2.50. The van der Waals surface area contributed by atoms with Crippen molar-refractivity contribution in [3.8, 4) is 5.75 Å².